The van der Waals surface area contributed by atoms with Gasteiger partial charge in [-0.2, -0.15) is 0 Å². The predicted molar refractivity (Wildman–Crippen MR) is 114 cm³/mol. The maximum Gasteiger partial charge on any atom is 0.137 e. The highest BCUT2D eigenvalue weighted by molar-refractivity contribution is 6.24. The highest BCUT2D eigenvalue weighted by atomic mass is 16.3. The van der Waals surface area contributed by atoms with Crippen molar-refractivity contribution >= 4 is 43.7 Å². The van der Waals surface area contributed by atoms with Crippen molar-refractivity contribution in [3.8, 4) is 0 Å². The minimum atomic E-state index is 0.699. The average Bonchev–Trinajstić information content (AvgIpc) is 3.24. The molecule has 2 aromatic heterocycles. The molecule has 0 radical (unpaired) electrons. The number of aromatic nitrogens is 1. The molecule has 1 aliphatic rings. The van der Waals surface area contributed by atoms with E-state index < -0.39 is 0 Å². The van der Waals surface area contributed by atoms with Crippen LogP contribution in [0.5, 0.6) is 0 Å². The molecular weight excluding hydrogens is 330 g/mol. The number of fused-ring (bicyclic) bond motifs is 7. The third kappa shape index (κ3) is 2.07. The Labute approximate surface area is 158 Å². The van der Waals surface area contributed by atoms with Gasteiger partial charge in [-0.3, -0.25) is 0 Å². The summed E-state index contributed by atoms with van der Waals surface area (Å²) in [6.45, 7) is 0. The first kappa shape index (κ1) is 15.3. The lowest BCUT2D eigenvalue weighted by molar-refractivity contribution is 0.445. The molecule has 6 rings (SSSR count). The molecule has 0 unspecified atom stereocenters. The number of rotatable bonds is 1. The molecule has 0 spiro atoms. The van der Waals surface area contributed by atoms with Crippen molar-refractivity contribution in [2.45, 2.75) is 38.0 Å². The monoisotopic (exact) mass is 353 g/mol. The largest absolute Gasteiger partial charge is 0.456 e. The molecule has 27 heavy (non-hydrogen) atoms. The van der Waals surface area contributed by atoms with Gasteiger partial charge in [0, 0.05) is 28.7 Å². The van der Waals surface area contributed by atoms with E-state index in [1.54, 1.807) is 5.56 Å². The molecule has 0 atom stereocenters. The predicted octanol–water partition coefficient (Wildman–Crippen LogP) is 7.28. The van der Waals surface area contributed by atoms with E-state index in [1.807, 2.05) is 6.07 Å². The molecule has 0 N–H and O–H groups in total. The third-order valence-electron chi connectivity index (χ3n) is 6.60. The van der Waals surface area contributed by atoms with E-state index in [9.17, 15) is 0 Å². The number of nitrogens with zero attached hydrogens (tertiary/aromatic N) is 1. The van der Waals surface area contributed by atoms with Gasteiger partial charge in [0.2, 0.25) is 0 Å². The van der Waals surface area contributed by atoms with E-state index in [0.717, 1.165) is 11.2 Å². The second-order valence-corrected chi connectivity index (χ2v) is 8.07. The second-order valence-electron chi connectivity index (χ2n) is 8.07. The maximum absolute atomic E-state index is 6.14. The highest BCUT2D eigenvalue weighted by Gasteiger charge is 2.22. The molecule has 1 aliphatic carbocycles. The Morgan fingerprint density at radius 1 is 0.778 bits per heavy atom. The minimum Gasteiger partial charge on any atom is -0.456 e. The van der Waals surface area contributed by atoms with E-state index >= 15 is 0 Å². The van der Waals surface area contributed by atoms with Crippen molar-refractivity contribution in [3.05, 3.63) is 60.2 Å². The summed E-state index contributed by atoms with van der Waals surface area (Å²) in [5.74, 6) is 0.699. The summed E-state index contributed by atoms with van der Waals surface area (Å²) >= 11 is 0. The molecule has 0 saturated heterocycles. The van der Waals surface area contributed by atoms with Crippen LogP contribution >= 0.6 is 0 Å². The zero-order valence-corrected chi connectivity index (χ0v) is 15.7. The molecule has 0 bridgehead atoms. The first-order valence-electron chi connectivity index (χ1n) is 10.1. The van der Waals surface area contributed by atoms with E-state index in [4.69, 9.17) is 4.42 Å². The van der Waals surface area contributed by atoms with Crippen LogP contribution in [0.1, 0.15) is 43.6 Å². The van der Waals surface area contributed by atoms with Crippen LogP contribution in [0.2, 0.25) is 0 Å². The fourth-order valence-corrected chi connectivity index (χ4v) is 5.35. The van der Waals surface area contributed by atoms with Crippen LogP contribution in [0.4, 0.5) is 0 Å². The Bertz CT molecular complexity index is 1310. The van der Waals surface area contributed by atoms with Crippen LogP contribution in [0.15, 0.2) is 59.0 Å². The number of hydrogen-bond donors (Lipinski definition) is 0. The molecule has 1 fully saturated rings. The van der Waals surface area contributed by atoms with Gasteiger partial charge in [0.05, 0.1) is 10.9 Å². The van der Waals surface area contributed by atoms with Gasteiger partial charge in [0.15, 0.2) is 0 Å². The highest BCUT2D eigenvalue weighted by Crippen LogP contribution is 2.43. The first-order valence-corrected chi connectivity index (χ1v) is 10.1. The van der Waals surface area contributed by atoms with Crippen molar-refractivity contribution in [2.24, 2.45) is 7.05 Å². The molecule has 0 aliphatic heterocycles. The summed E-state index contributed by atoms with van der Waals surface area (Å²) in [5.41, 5.74) is 6.14. The Balaban J connectivity index is 1.78. The minimum absolute atomic E-state index is 0.699. The van der Waals surface area contributed by atoms with Crippen LogP contribution in [-0.2, 0) is 7.05 Å². The van der Waals surface area contributed by atoms with Crippen LogP contribution in [0.3, 0.4) is 0 Å². The Kier molecular flexibility index (Phi) is 3.19. The Hall–Kier alpha value is -2.74. The first-order chi connectivity index (χ1) is 13.3. The molecule has 1 saturated carbocycles. The number of furan rings is 1. The number of benzene rings is 3. The van der Waals surface area contributed by atoms with Crippen molar-refractivity contribution in [1.82, 2.24) is 4.57 Å². The lowest BCUT2D eigenvalue weighted by atomic mass is 9.82. The molecule has 0 amide bonds. The van der Waals surface area contributed by atoms with Gasteiger partial charge in [-0.25, -0.2) is 0 Å². The molecule has 2 heterocycles. The summed E-state index contributed by atoms with van der Waals surface area (Å²) in [6.07, 6.45) is 6.77. The molecular formula is C25H23NO. The van der Waals surface area contributed by atoms with Crippen LogP contribution < -0.4 is 0 Å². The zero-order chi connectivity index (χ0) is 18.0. The van der Waals surface area contributed by atoms with Gasteiger partial charge in [0.1, 0.15) is 11.2 Å². The standard InChI is InChI=1S/C25H23NO/c1-26-20-12-7-11-17(16-8-3-2-4-9-16)23(20)19-14-15-22-24(25(19)26)18-10-5-6-13-21(18)27-22/h5-7,10-16H,2-4,8-9H2,1H3. The number of hydrogen-bond acceptors (Lipinski definition) is 1. The van der Waals surface area contributed by atoms with Crippen LogP contribution in [-0.4, -0.2) is 4.57 Å². The summed E-state index contributed by atoms with van der Waals surface area (Å²) in [6, 6.07) is 19.7. The van der Waals surface area contributed by atoms with E-state index in [2.05, 4.69) is 60.1 Å². The zero-order valence-electron chi connectivity index (χ0n) is 15.7. The van der Waals surface area contributed by atoms with Gasteiger partial charge in [-0.05, 0) is 48.6 Å². The van der Waals surface area contributed by atoms with Gasteiger partial charge >= 0.3 is 0 Å². The summed E-state index contributed by atoms with van der Waals surface area (Å²) in [4.78, 5) is 0. The molecule has 2 nitrogen and oxygen atoms in total. The molecule has 3 aromatic carbocycles. The third-order valence-corrected chi connectivity index (χ3v) is 6.60. The van der Waals surface area contributed by atoms with E-state index in [1.165, 1.54) is 64.7 Å². The Morgan fingerprint density at radius 2 is 1.63 bits per heavy atom. The smallest absolute Gasteiger partial charge is 0.137 e. The SMILES string of the molecule is Cn1c2cccc(C3CCCCC3)c2c2ccc3oc4ccccc4c3c21. The van der Waals surface area contributed by atoms with Gasteiger partial charge in [0.25, 0.3) is 0 Å². The van der Waals surface area contributed by atoms with E-state index in [0.29, 0.717) is 5.92 Å². The van der Waals surface area contributed by atoms with Crippen molar-refractivity contribution in [2.75, 3.05) is 0 Å². The van der Waals surface area contributed by atoms with Crippen LogP contribution in [0.25, 0.3) is 43.7 Å². The number of aryl methyl sites for hydroxylation is 1. The normalized spacial score (nSPS) is 16.2. The molecule has 5 aromatic rings. The fraction of sp³-hybridized carbons (Fsp3) is 0.280. The van der Waals surface area contributed by atoms with Gasteiger partial charge in [-0.15, -0.1) is 0 Å². The Morgan fingerprint density at radius 3 is 2.52 bits per heavy atom. The summed E-state index contributed by atoms with van der Waals surface area (Å²) < 4.78 is 8.52. The lowest BCUT2D eigenvalue weighted by Crippen LogP contribution is -2.04. The fourth-order valence-electron chi connectivity index (χ4n) is 5.35. The average molecular weight is 353 g/mol. The number of para-hydroxylation sites is 1. The van der Waals surface area contributed by atoms with Crippen molar-refractivity contribution < 1.29 is 4.42 Å². The van der Waals surface area contributed by atoms with Gasteiger partial charge < -0.3 is 8.98 Å². The topological polar surface area (TPSA) is 18.1 Å². The quantitative estimate of drug-likeness (QED) is 0.310. The van der Waals surface area contributed by atoms with Crippen molar-refractivity contribution in [3.63, 3.8) is 0 Å². The van der Waals surface area contributed by atoms with E-state index in [-0.39, 0.29) is 0 Å². The second kappa shape index (κ2) is 5.63. The lowest BCUT2D eigenvalue weighted by Gasteiger charge is -2.23. The maximum atomic E-state index is 6.14. The summed E-state index contributed by atoms with van der Waals surface area (Å²) in [5, 5.41) is 5.28. The molecule has 134 valence electrons. The van der Waals surface area contributed by atoms with Crippen LogP contribution in [0, 0.1) is 0 Å². The van der Waals surface area contributed by atoms with Crippen molar-refractivity contribution in [1.29, 1.82) is 0 Å². The van der Waals surface area contributed by atoms with Gasteiger partial charge in [-0.1, -0.05) is 49.6 Å². The molecule has 2 heteroatoms. The summed E-state index contributed by atoms with van der Waals surface area (Å²) in [7, 11) is 2.20.